The number of amides is 1. The molecule has 0 bridgehead atoms. The number of nitrogens with one attached hydrogen (secondary N) is 1. The molecule has 0 saturated heterocycles. The molecule has 1 N–H and O–H groups in total. The summed E-state index contributed by atoms with van der Waals surface area (Å²) in [5, 5.41) is 4.14. The topological polar surface area (TPSA) is 63.8 Å². The van der Waals surface area contributed by atoms with Gasteiger partial charge >= 0.3 is 5.91 Å². The number of hydrogen-bond donors (Lipinski definition) is 1. The van der Waals surface area contributed by atoms with Crippen LogP contribution in [0, 0.1) is 0 Å². The Labute approximate surface area is 117 Å². The van der Waals surface area contributed by atoms with Crippen LogP contribution in [0.3, 0.4) is 0 Å². The van der Waals surface area contributed by atoms with Crippen molar-refractivity contribution >= 4 is 11.6 Å². The summed E-state index contributed by atoms with van der Waals surface area (Å²) in [4.78, 5) is 11.7. The highest BCUT2D eigenvalue weighted by atomic mass is 16.5. The Hall–Kier alpha value is -2.56. The van der Waals surface area contributed by atoms with Gasteiger partial charge < -0.3 is 9.15 Å². The Kier molecular flexibility index (Phi) is 4.55. The van der Waals surface area contributed by atoms with Crippen molar-refractivity contribution in [3.8, 4) is 5.75 Å². The number of carbonyl (C=O) groups excluding carboxylic acids is 1. The van der Waals surface area contributed by atoms with Crippen LogP contribution in [0.4, 0.5) is 0 Å². The fraction of sp³-hybridized carbons (Fsp3) is 0.200. The first-order valence-corrected chi connectivity index (χ1v) is 6.29. The first-order valence-electron chi connectivity index (χ1n) is 6.29. The van der Waals surface area contributed by atoms with Crippen molar-refractivity contribution in [3.63, 3.8) is 0 Å². The first-order chi connectivity index (χ1) is 9.74. The zero-order chi connectivity index (χ0) is 14.4. The fourth-order valence-electron chi connectivity index (χ4n) is 1.71. The molecule has 0 aliphatic rings. The lowest BCUT2D eigenvalue weighted by molar-refractivity contribution is 0.0927. The van der Waals surface area contributed by atoms with Crippen molar-refractivity contribution < 1.29 is 13.9 Å². The smallest absolute Gasteiger partial charge is 0.307 e. The van der Waals surface area contributed by atoms with E-state index in [1.807, 2.05) is 31.2 Å². The van der Waals surface area contributed by atoms with Gasteiger partial charge in [-0.15, -0.1) is 0 Å². The molecule has 0 spiro atoms. The minimum Gasteiger partial charge on any atom is -0.497 e. The third kappa shape index (κ3) is 3.26. The van der Waals surface area contributed by atoms with Crippen LogP contribution in [0.25, 0.3) is 0 Å². The molecule has 0 aliphatic carbocycles. The highest BCUT2D eigenvalue weighted by Crippen LogP contribution is 2.13. The van der Waals surface area contributed by atoms with E-state index in [1.54, 1.807) is 19.2 Å². The molecule has 20 heavy (non-hydrogen) atoms. The maximum absolute atomic E-state index is 11.7. The van der Waals surface area contributed by atoms with Crippen LogP contribution in [0.15, 0.2) is 52.2 Å². The van der Waals surface area contributed by atoms with Crippen LogP contribution in [0.5, 0.6) is 5.75 Å². The number of nitrogens with zero attached hydrogens (tertiary/aromatic N) is 1. The van der Waals surface area contributed by atoms with Crippen molar-refractivity contribution in [1.29, 1.82) is 0 Å². The zero-order valence-electron chi connectivity index (χ0n) is 11.4. The minimum atomic E-state index is -0.366. The molecule has 0 radical (unpaired) electrons. The van der Waals surface area contributed by atoms with Gasteiger partial charge in [-0.1, -0.05) is 6.92 Å². The monoisotopic (exact) mass is 272 g/mol. The molecule has 0 atom stereocenters. The molecule has 0 fully saturated rings. The van der Waals surface area contributed by atoms with E-state index in [2.05, 4.69) is 10.5 Å². The summed E-state index contributed by atoms with van der Waals surface area (Å²) in [5.41, 5.74) is 4.21. The second kappa shape index (κ2) is 6.56. The molecule has 5 heteroatoms. The van der Waals surface area contributed by atoms with Crippen molar-refractivity contribution in [3.05, 3.63) is 54.0 Å². The molecule has 1 amide bonds. The van der Waals surface area contributed by atoms with Gasteiger partial charge in [-0.05, 0) is 48.4 Å². The molecule has 104 valence electrons. The van der Waals surface area contributed by atoms with Crippen LogP contribution >= 0.6 is 0 Å². The first kappa shape index (κ1) is 13.9. The number of carbonyl (C=O) groups is 1. The number of furan rings is 1. The van der Waals surface area contributed by atoms with Gasteiger partial charge in [-0.3, -0.25) is 4.79 Å². The van der Waals surface area contributed by atoms with Crippen molar-refractivity contribution in [2.75, 3.05) is 7.11 Å². The van der Waals surface area contributed by atoms with Gasteiger partial charge in [0.15, 0.2) is 5.76 Å². The Bertz CT molecular complexity index is 586. The molecule has 1 aromatic carbocycles. The summed E-state index contributed by atoms with van der Waals surface area (Å²) in [6, 6.07) is 10.8. The standard InChI is InChI=1S/C15H16N2O3/c1-3-13(11-6-8-12(19-2)9-7-11)16-17-15(18)14-5-4-10-20-14/h4-10H,3H2,1-2H3,(H,17,18)/b16-13-. The average Bonchev–Trinajstić information content (AvgIpc) is 3.02. The van der Waals surface area contributed by atoms with E-state index in [0.29, 0.717) is 6.42 Å². The quantitative estimate of drug-likeness (QED) is 0.672. The van der Waals surface area contributed by atoms with Crippen molar-refractivity contribution in [2.45, 2.75) is 13.3 Å². The van der Waals surface area contributed by atoms with Crippen LogP contribution in [-0.4, -0.2) is 18.7 Å². The molecule has 0 aliphatic heterocycles. The number of benzene rings is 1. The summed E-state index contributed by atoms with van der Waals surface area (Å²) >= 11 is 0. The fourth-order valence-corrected chi connectivity index (χ4v) is 1.71. The van der Waals surface area contributed by atoms with Gasteiger partial charge in [0.25, 0.3) is 0 Å². The van der Waals surface area contributed by atoms with Crippen LogP contribution in [0.2, 0.25) is 0 Å². The summed E-state index contributed by atoms with van der Waals surface area (Å²) in [5.74, 6) is 0.650. The summed E-state index contributed by atoms with van der Waals surface area (Å²) in [6.07, 6.45) is 2.15. The summed E-state index contributed by atoms with van der Waals surface area (Å²) in [6.45, 7) is 1.97. The van der Waals surface area contributed by atoms with Crippen LogP contribution < -0.4 is 10.2 Å². The van der Waals surface area contributed by atoms with E-state index in [-0.39, 0.29) is 11.7 Å². The Balaban J connectivity index is 2.10. The van der Waals surface area contributed by atoms with E-state index in [4.69, 9.17) is 9.15 Å². The maximum atomic E-state index is 11.7. The molecule has 1 aromatic heterocycles. The van der Waals surface area contributed by atoms with E-state index < -0.39 is 0 Å². The molecule has 2 rings (SSSR count). The minimum absolute atomic E-state index is 0.235. The lowest BCUT2D eigenvalue weighted by atomic mass is 10.1. The average molecular weight is 272 g/mol. The van der Waals surface area contributed by atoms with E-state index >= 15 is 0 Å². The molecule has 1 heterocycles. The summed E-state index contributed by atoms with van der Waals surface area (Å²) in [7, 11) is 1.62. The van der Waals surface area contributed by atoms with Gasteiger partial charge in [-0.2, -0.15) is 5.10 Å². The highest BCUT2D eigenvalue weighted by molar-refractivity contribution is 6.01. The third-order valence-electron chi connectivity index (χ3n) is 2.80. The van der Waals surface area contributed by atoms with Gasteiger partial charge in [0, 0.05) is 0 Å². The maximum Gasteiger partial charge on any atom is 0.307 e. The third-order valence-corrected chi connectivity index (χ3v) is 2.80. The largest absolute Gasteiger partial charge is 0.497 e. The van der Waals surface area contributed by atoms with Crippen molar-refractivity contribution in [1.82, 2.24) is 5.43 Å². The van der Waals surface area contributed by atoms with Gasteiger partial charge in [0.1, 0.15) is 5.75 Å². The number of ether oxygens (including phenoxy) is 1. The zero-order valence-corrected chi connectivity index (χ0v) is 11.4. The number of rotatable bonds is 5. The van der Waals surface area contributed by atoms with Crippen molar-refractivity contribution in [2.24, 2.45) is 5.10 Å². The van der Waals surface area contributed by atoms with E-state index in [9.17, 15) is 4.79 Å². The second-order valence-electron chi connectivity index (χ2n) is 4.06. The lowest BCUT2D eigenvalue weighted by Crippen LogP contribution is -2.19. The predicted octanol–water partition coefficient (Wildman–Crippen LogP) is 2.83. The number of methoxy groups -OCH3 is 1. The Morgan fingerprint density at radius 1 is 1.30 bits per heavy atom. The SMILES string of the molecule is CC/C(=N/NC(=O)c1ccco1)c1ccc(OC)cc1. The number of hydrazone groups is 1. The lowest BCUT2D eigenvalue weighted by Gasteiger charge is -2.06. The molecule has 0 unspecified atom stereocenters. The second-order valence-corrected chi connectivity index (χ2v) is 4.06. The Morgan fingerprint density at radius 3 is 2.60 bits per heavy atom. The summed E-state index contributed by atoms with van der Waals surface area (Å²) < 4.78 is 10.1. The molecule has 0 saturated carbocycles. The molecular weight excluding hydrogens is 256 g/mol. The Morgan fingerprint density at radius 2 is 2.05 bits per heavy atom. The predicted molar refractivity (Wildman–Crippen MR) is 76.0 cm³/mol. The molecule has 5 nitrogen and oxygen atoms in total. The highest BCUT2D eigenvalue weighted by Gasteiger charge is 2.08. The molecular formula is C15H16N2O3. The van der Waals surface area contributed by atoms with Gasteiger partial charge in [0.2, 0.25) is 0 Å². The van der Waals surface area contributed by atoms with E-state index in [0.717, 1.165) is 17.0 Å². The van der Waals surface area contributed by atoms with Gasteiger partial charge in [0.05, 0.1) is 19.1 Å². The van der Waals surface area contributed by atoms with Gasteiger partial charge in [-0.25, -0.2) is 5.43 Å². The van der Waals surface area contributed by atoms with E-state index in [1.165, 1.54) is 6.26 Å². The van der Waals surface area contributed by atoms with Crippen LogP contribution in [-0.2, 0) is 0 Å². The number of hydrogen-bond acceptors (Lipinski definition) is 4. The molecule has 2 aromatic rings. The van der Waals surface area contributed by atoms with Crippen LogP contribution in [0.1, 0.15) is 29.5 Å². The normalized spacial score (nSPS) is 11.2.